The Kier molecular flexibility index (Phi) is 6.81. The molecule has 1 heterocycles. The molecule has 0 radical (unpaired) electrons. The molecule has 0 saturated carbocycles. The first kappa shape index (κ1) is 20.6. The lowest BCUT2D eigenvalue weighted by Gasteiger charge is -2.40. The molecular formula is C20H23ClO5S. The van der Waals surface area contributed by atoms with Gasteiger partial charge in [0.25, 0.3) is 0 Å². The summed E-state index contributed by atoms with van der Waals surface area (Å²) in [6.45, 7) is -0.455. The highest BCUT2D eigenvalue weighted by molar-refractivity contribution is 7.98. The Bertz CT molecular complexity index is 767. The van der Waals surface area contributed by atoms with Crippen molar-refractivity contribution in [3.05, 3.63) is 64.2 Å². The smallest absolute Gasteiger partial charge is 0.113 e. The highest BCUT2D eigenvalue weighted by Crippen LogP contribution is 2.34. The van der Waals surface area contributed by atoms with E-state index in [4.69, 9.17) is 16.3 Å². The van der Waals surface area contributed by atoms with Crippen molar-refractivity contribution in [3.63, 3.8) is 0 Å². The van der Waals surface area contributed by atoms with Gasteiger partial charge >= 0.3 is 0 Å². The minimum Gasteiger partial charge on any atom is -0.394 e. The van der Waals surface area contributed by atoms with Crippen LogP contribution in [0.4, 0.5) is 0 Å². The number of thioether (sulfide) groups is 1. The summed E-state index contributed by atoms with van der Waals surface area (Å²) in [7, 11) is 0. The Balaban J connectivity index is 1.85. The van der Waals surface area contributed by atoms with E-state index in [0.717, 1.165) is 11.1 Å². The molecule has 0 amide bonds. The molecule has 1 aliphatic rings. The van der Waals surface area contributed by atoms with Crippen LogP contribution in [0.1, 0.15) is 22.8 Å². The molecule has 0 spiro atoms. The van der Waals surface area contributed by atoms with Gasteiger partial charge < -0.3 is 25.2 Å². The first-order chi connectivity index (χ1) is 12.9. The van der Waals surface area contributed by atoms with E-state index in [1.165, 1.54) is 4.90 Å². The number of aliphatic hydroxyl groups is 4. The third-order valence-corrected chi connectivity index (χ3v) is 5.96. The fourth-order valence-electron chi connectivity index (χ4n) is 3.25. The third kappa shape index (κ3) is 4.49. The molecule has 1 aliphatic heterocycles. The minimum atomic E-state index is -1.40. The lowest BCUT2D eigenvalue weighted by Crippen LogP contribution is -2.55. The number of halogens is 1. The largest absolute Gasteiger partial charge is 0.394 e. The van der Waals surface area contributed by atoms with Crippen LogP contribution >= 0.6 is 23.4 Å². The summed E-state index contributed by atoms with van der Waals surface area (Å²) in [6, 6.07) is 13.5. The Hall–Kier alpha value is -1.12. The molecule has 1 fully saturated rings. The van der Waals surface area contributed by atoms with Gasteiger partial charge in [0.15, 0.2) is 0 Å². The molecule has 0 aliphatic carbocycles. The van der Waals surface area contributed by atoms with Crippen LogP contribution in [0, 0.1) is 0 Å². The van der Waals surface area contributed by atoms with Gasteiger partial charge in [-0.25, -0.2) is 0 Å². The van der Waals surface area contributed by atoms with Crippen LogP contribution in [0.25, 0.3) is 0 Å². The molecular weight excluding hydrogens is 388 g/mol. The second-order valence-corrected chi connectivity index (χ2v) is 7.91. The van der Waals surface area contributed by atoms with Crippen molar-refractivity contribution in [2.45, 2.75) is 41.8 Å². The van der Waals surface area contributed by atoms with E-state index < -0.39 is 37.1 Å². The predicted octanol–water partition coefficient (Wildman–Crippen LogP) is 2.17. The maximum atomic E-state index is 10.3. The van der Waals surface area contributed by atoms with Gasteiger partial charge in [-0.15, -0.1) is 11.8 Å². The lowest BCUT2D eigenvalue weighted by atomic mass is 9.90. The highest BCUT2D eigenvalue weighted by Gasteiger charge is 2.43. The number of ether oxygens (including phenoxy) is 1. The molecule has 0 bridgehead atoms. The summed E-state index contributed by atoms with van der Waals surface area (Å²) in [5.74, 6) is 0. The summed E-state index contributed by atoms with van der Waals surface area (Å²) in [5.41, 5.74) is 2.59. The molecule has 2 aromatic rings. The number of rotatable bonds is 5. The van der Waals surface area contributed by atoms with Crippen molar-refractivity contribution in [2.24, 2.45) is 0 Å². The topological polar surface area (TPSA) is 90.2 Å². The van der Waals surface area contributed by atoms with E-state index in [-0.39, 0.29) is 0 Å². The first-order valence-electron chi connectivity index (χ1n) is 8.66. The monoisotopic (exact) mass is 410 g/mol. The van der Waals surface area contributed by atoms with Crippen molar-refractivity contribution < 1.29 is 25.2 Å². The average Bonchev–Trinajstić information content (AvgIpc) is 2.69. The van der Waals surface area contributed by atoms with Crippen LogP contribution in [0.15, 0.2) is 47.4 Å². The van der Waals surface area contributed by atoms with Crippen LogP contribution in [0.5, 0.6) is 0 Å². The van der Waals surface area contributed by atoms with Gasteiger partial charge in [-0.3, -0.25) is 0 Å². The number of hydrogen-bond donors (Lipinski definition) is 4. The SMILES string of the molecule is CSc1ccc(Cc2cc([C@@H]3O[C@H](CO)[C@@H](O)[C@H](O)[C@H]3O)ccc2Cl)cc1. The third-order valence-electron chi connectivity index (χ3n) is 4.84. The number of benzene rings is 2. The van der Waals surface area contributed by atoms with Crippen LogP contribution in [0.2, 0.25) is 5.02 Å². The van der Waals surface area contributed by atoms with Crippen LogP contribution in [-0.4, -0.2) is 57.7 Å². The first-order valence-corrected chi connectivity index (χ1v) is 10.3. The van der Waals surface area contributed by atoms with E-state index >= 15 is 0 Å². The van der Waals surface area contributed by atoms with Gasteiger partial charge in [0, 0.05) is 9.92 Å². The molecule has 3 rings (SSSR count). The zero-order valence-electron chi connectivity index (χ0n) is 14.8. The second-order valence-electron chi connectivity index (χ2n) is 6.63. The molecule has 27 heavy (non-hydrogen) atoms. The van der Waals surface area contributed by atoms with Crippen LogP contribution in [0.3, 0.4) is 0 Å². The summed E-state index contributed by atoms with van der Waals surface area (Å²) < 4.78 is 5.64. The van der Waals surface area contributed by atoms with E-state index in [1.54, 1.807) is 23.9 Å². The minimum absolute atomic E-state index is 0.455. The lowest BCUT2D eigenvalue weighted by molar-refractivity contribution is -0.231. The molecule has 4 N–H and O–H groups in total. The van der Waals surface area contributed by atoms with E-state index in [2.05, 4.69) is 12.1 Å². The molecule has 146 valence electrons. The van der Waals surface area contributed by atoms with E-state index in [1.807, 2.05) is 24.5 Å². The van der Waals surface area contributed by atoms with Gasteiger partial charge in [0.05, 0.1) is 6.61 Å². The molecule has 7 heteroatoms. The van der Waals surface area contributed by atoms with Crippen molar-refractivity contribution in [1.82, 2.24) is 0 Å². The van der Waals surface area contributed by atoms with Gasteiger partial charge in [-0.2, -0.15) is 0 Å². The average molecular weight is 411 g/mol. The van der Waals surface area contributed by atoms with Crippen LogP contribution < -0.4 is 0 Å². The Morgan fingerprint density at radius 2 is 1.70 bits per heavy atom. The molecule has 5 atom stereocenters. The van der Waals surface area contributed by atoms with Crippen molar-refractivity contribution in [1.29, 1.82) is 0 Å². The zero-order valence-corrected chi connectivity index (χ0v) is 16.4. The molecule has 2 aromatic carbocycles. The normalized spacial score (nSPS) is 28.3. The summed E-state index contributed by atoms with van der Waals surface area (Å²) >= 11 is 8.03. The van der Waals surface area contributed by atoms with E-state index in [0.29, 0.717) is 17.0 Å². The van der Waals surface area contributed by atoms with Crippen molar-refractivity contribution >= 4 is 23.4 Å². The fraction of sp³-hybridized carbons (Fsp3) is 0.400. The Morgan fingerprint density at radius 1 is 1.00 bits per heavy atom. The van der Waals surface area contributed by atoms with Gasteiger partial charge in [0.2, 0.25) is 0 Å². The maximum absolute atomic E-state index is 10.3. The number of aliphatic hydroxyl groups excluding tert-OH is 4. The maximum Gasteiger partial charge on any atom is 0.113 e. The number of hydrogen-bond acceptors (Lipinski definition) is 6. The Morgan fingerprint density at radius 3 is 2.33 bits per heavy atom. The summed E-state index contributed by atoms with van der Waals surface area (Å²) in [6.07, 6.45) is -3.25. The second kappa shape index (κ2) is 8.92. The highest BCUT2D eigenvalue weighted by atomic mass is 35.5. The standard InChI is InChI=1S/C20H23ClO5S/c1-27-14-5-2-11(3-6-14)8-13-9-12(4-7-15(13)21)20-19(25)18(24)17(23)16(10-22)26-20/h2-7,9,16-20,22-25H,8,10H2,1H3/t16-,17-,18+,19-,20+/m1/s1. The Labute approximate surface area is 167 Å². The molecule has 0 aromatic heterocycles. The van der Waals surface area contributed by atoms with E-state index in [9.17, 15) is 20.4 Å². The van der Waals surface area contributed by atoms with Gasteiger partial charge in [-0.1, -0.05) is 35.9 Å². The summed E-state index contributed by atoms with van der Waals surface area (Å²) in [4.78, 5) is 1.18. The van der Waals surface area contributed by atoms with Gasteiger partial charge in [-0.05, 0) is 47.6 Å². The van der Waals surface area contributed by atoms with Crippen molar-refractivity contribution in [3.8, 4) is 0 Å². The fourth-order valence-corrected chi connectivity index (χ4v) is 3.84. The van der Waals surface area contributed by atoms with Gasteiger partial charge in [0.1, 0.15) is 30.5 Å². The summed E-state index contributed by atoms with van der Waals surface area (Å²) in [5, 5.41) is 40.3. The molecule has 1 saturated heterocycles. The van der Waals surface area contributed by atoms with Crippen molar-refractivity contribution in [2.75, 3.05) is 12.9 Å². The molecule has 0 unspecified atom stereocenters. The zero-order chi connectivity index (χ0) is 19.6. The van der Waals surface area contributed by atoms with Crippen LogP contribution in [-0.2, 0) is 11.2 Å². The predicted molar refractivity (Wildman–Crippen MR) is 105 cm³/mol. The quantitative estimate of drug-likeness (QED) is 0.565. The molecule has 5 nitrogen and oxygen atoms in total.